The average Bonchev–Trinajstić information content (AvgIpc) is 3.18. The van der Waals surface area contributed by atoms with Crippen molar-refractivity contribution in [3.05, 3.63) is 64.5 Å². The first-order chi connectivity index (χ1) is 13.8. The number of hydrogen-bond acceptors (Lipinski definition) is 2. The summed E-state index contributed by atoms with van der Waals surface area (Å²) in [6.07, 6.45) is 2.74. The fourth-order valence-corrected chi connectivity index (χ4v) is 5.32. The summed E-state index contributed by atoms with van der Waals surface area (Å²) in [6.45, 7) is 8.38. The lowest BCUT2D eigenvalue weighted by molar-refractivity contribution is 0.0946. The lowest BCUT2D eigenvalue weighted by atomic mass is 9.78. The van der Waals surface area contributed by atoms with E-state index in [1.165, 1.54) is 5.56 Å². The van der Waals surface area contributed by atoms with Crippen molar-refractivity contribution in [3.8, 4) is 0 Å². The van der Waals surface area contributed by atoms with E-state index in [-0.39, 0.29) is 17.5 Å². The lowest BCUT2D eigenvalue weighted by Crippen LogP contribution is -2.24. The quantitative estimate of drug-likeness (QED) is 0.349. The summed E-state index contributed by atoms with van der Waals surface area (Å²) in [6, 6.07) is 11.7. The van der Waals surface area contributed by atoms with E-state index in [0.29, 0.717) is 21.4 Å². The van der Waals surface area contributed by atoms with E-state index in [0.717, 1.165) is 49.0 Å². The van der Waals surface area contributed by atoms with Crippen LogP contribution in [0.2, 0.25) is 0 Å². The van der Waals surface area contributed by atoms with Gasteiger partial charge in [-0.3, -0.25) is 4.79 Å². The van der Waals surface area contributed by atoms with Crippen LogP contribution < -0.4 is 4.90 Å². The molecule has 29 heavy (non-hydrogen) atoms. The molecule has 1 heterocycles. The molecule has 0 bridgehead atoms. The monoisotopic (exact) mass is 505 g/mol. The van der Waals surface area contributed by atoms with Crippen LogP contribution >= 0.6 is 22.6 Å². The predicted molar refractivity (Wildman–Crippen MR) is 126 cm³/mol. The molecular formula is C25H29FINO. The topological polar surface area (TPSA) is 20.3 Å². The predicted octanol–water partition coefficient (Wildman–Crippen LogP) is 6.51. The molecule has 2 aliphatic rings. The maximum Gasteiger partial charge on any atom is 0.170 e. The number of alkyl halides is 1. The molecule has 1 fully saturated rings. The van der Waals surface area contributed by atoms with Gasteiger partial charge < -0.3 is 4.90 Å². The van der Waals surface area contributed by atoms with Crippen molar-refractivity contribution >= 4 is 34.1 Å². The second-order valence-electron chi connectivity index (χ2n) is 8.91. The first kappa shape index (κ1) is 20.8. The molecule has 154 valence electrons. The molecule has 2 unspecified atom stereocenters. The highest BCUT2D eigenvalue weighted by Crippen LogP contribution is 2.36. The Hall–Kier alpha value is -1.43. The van der Waals surface area contributed by atoms with Crippen molar-refractivity contribution in [2.75, 3.05) is 18.0 Å². The summed E-state index contributed by atoms with van der Waals surface area (Å²) < 4.78 is 15.6. The number of carbonyl (C=O) groups is 1. The molecule has 2 aromatic rings. The van der Waals surface area contributed by atoms with E-state index < -0.39 is 0 Å². The SMILES string of the molecule is CC(C)c1ccc2c(c1)CCC(c1ccc(N3CC[C@@H](C(C)I)C3)c(F)c1)C2=O. The van der Waals surface area contributed by atoms with E-state index >= 15 is 0 Å². The Morgan fingerprint density at radius 2 is 1.90 bits per heavy atom. The van der Waals surface area contributed by atoms with Crippen molar-refractivity contribution in [3.63, 3.8) is 0 Å². The highest BCUT2D eigenvalue weighted by atomic mass is 127. The van der Waals surface area contributed by atoms with Crippen LogP contribution in [0.3, 0.4) is 0 Å². The summed E-state index contributed by atoms with van der Waals surface area (Å²) >= 11 is 2.47. The van der Waals surface area contributed by atoms with Gasteiger partial charge in [-0.15, -0.1) is 0 Å². The summed E-state index contributed by atoms with van der Waals surface area (Å²) in [5.41, 5.74) is 4.72. The van der Waals surface area contributed by atoms with Crippen LogP contribution in [0.4, 0.5) is 10.1 Å². The van der Waals surface area contributed by atoms with Crippen molar-refractivity contribution in [1.29, 1.82) is 0 Å². The smallest absolute Gasteiger partial charge is 0.170 e. The Balaban J connectivity index is 1.55. The molecule has 2 aromatic carbocycles. The van der Waals surface area contributed by atoms with E-state index in [2.05, 4.69) is 60.4 Å². The minimum atomic E-state index is -0.239. The van der Waals surface area contributed by atoms with Gasteiger partial charge in [0.25, 0.3) is 0 Å². The Morgan fingerprint density at radius 1 is 1.10 bits per heavy atom. The van der Waals surface area contributed by atoms with E-state index in [1.54, 1.807) is 6.07 Å². The Bertz CT molecular complexity index is 923. The molecule has 0 N–H and O–H groups in total. The van der Waals surface area contributed by atoms with Crippen molar-refractivity contribution in [2.24, 2.45) is 5.92 Å². The standard InChI is InChI=1S/C25H29FINO/c1-15(2)17-4-7-21-18(12-17)5-8-22(25(21)29)19-6-9-24(23(26)13-19)28-11-10-20(14-28)16(3)27/h4,6-7,9,12-13,15-16,20,22H,5,8,10-11,14H2,1-3H3/t16?,20-,22?/m1/s1. The Kier molecular flexibility index (Phi) is 6.01. The molecule has 0 radical (unpaired) electrons. The number of carbonyl (C=O) groups excluding carboxylic acids is 1. The molecule has 2 nitrogen and oxygen atoms in total. The highest BCUT2D eigenvalue weighted by molar-refractivity contribution is 14.1. The summed E-state index contributed by atoms with van der Waals surface area (Å²) in [7, 11) is 0. The number of anilines is 1. The highest BCUT2D eigenvalue weighted by Gasteiger charge is 2.31. The van der Waals surface area contributed by atoms with E-state index in [9.17, 15) is 9.18 Å². The summed E-state index contributed by atoms with van der Waals surface area (Å²) in [5, 5.41) is 0. The van der Waals surface area contributed by atoms with Crippen LogP contribution in [-0.4, -0.2) is 22.8 Å². The van der Waals surface area contributed by atoms with Crippen LogP contribution in [0.25, 0.3) is 0 Å². The van der Waals surface area contributed by atoms with E-state index in [1.807, 2.05) is 18.2 Å². The number of nitrogens with zero attached hydrogens (tertiary/aromatic N) is 1. The molecule has 0 amide bonds. The average molecular weight is 505 g/mol. The second kappa shape index (κ2) is 8.37. The molecule has 4 rings (SSSR count). The molecular weight excluding hydrogens is 476 g/mol. The van der Waals surface area contributed by atoms with Gasteiger partial charge in [-0.2, -0.15) is 0 Å². The van der Waals surface area contributed by atoms with Crippen LogP contribution in [0, 0.1) is 11.7 Å². The zero-order valence-electron chi connectivity index (χ0n) is 17.4. The first-order valence-corrected chi connectivity index (χ1v) is 11.9. The Labute approximate surface area is 187 Å². The number of rotatable bonds is 4. The summed E-state index contributed by atoms with van der Waals surface area (Å²) in [4.78, 5) is 15.3. The van der Waals surface area contributed by atoms with Gasteiger partial charge in [0.1, 0.15) is 5.82 Å². The molecule has 3 atom stereocenters. The van der Waals surface area contributed by atoms with Gasteiger partial charge in [0, 0.05) is 28.5 Å². The molecule has 1 aliphatic heterocycles. The van der Waals surface area contributed by atoms with Crippen LogP contribution in [0.1, 0.15) is 72.5 Å². The molecule has 0 spiro atoms. The third-order valence-corrected chi connectivity index (χ3v) is 7.69. The number of Topliss-reactive ketones (excluding diaryl/α,β-unsaturated/α-hetero) is 1. The third-order valence-electron chi connectivity index (χ3n) is 6.67. The van der Waals surface area contributed by atoms with Gasteiger partial charge >= 0.3 is 0 Å². The maximum absolute atomic E-state index is 15.0. The van der Waals surface area contributed by atoms with Gasteiger partial charge in [0.05, 0.1) is 5.69 Å². The fourth-order valence-electron chi connectivity index (χ4n) is 4.73. The van der Waals surface area contributed by atoms with Gasteiger partial charge in [0.15, 0.2) is 5.78 Å². The molecule has 0 saturated carbocycles. The van der Waals surface area contributed by atoms with Gasteiger partial charge in [-0.25, -0.2) is 4.39 Å². The fraction of sp³-hybridized carbons (Fsp3) is 0.480. The van der Waals surface area contributed by atoms with Gasteiger partial charge in [-0.05, 0) is 59.9 Å². The normalized spacial score (nSPS) is 22.8. The van der Waals surface area contributed by atoms with E-state index in [4.69, 9.17) is 0 Å². The van der Waals surface area contributed by atoms with Crippen molar-refractivity contribution in [2.45, 2.75) is 55.8 Å². The van der Waals surface area contributed by atoms with Crippen molar-refractivity contribution in [1.82, 2.24) is 0 Å². The Morgan fingerprint density at radius 3 is 2.55 bits per heavy atom. The zero-order chi connectivity index (χ0) is 20.7. The lowest BCUT2D eigenvalue weighted by Gasteiger charge is -2.26. The maximum atomic E-state index is 15.0. The second-order valence-corrected chi connectivity index (χ2v) is 10.9. The molecule has 1 saturated heterocycles. The van der Waals surface area contributed by atoms with Crippen LogP contribution in [0.5, 0.6) is 0 Å². The number of hydrogen-bond donors (Lipinski definition) is 0. The minimum Gasteiger partial charge on any atom is -0.369 e. The molecule has 0 aromatic heterocycles. The first-order valence-electron chi connectivity index (χ1n) is 10.7. The number of halogens is 2. The number of ketones is 1. The summed E-state index contributed by atoms with van der Waals surface area (Å²) in [5.74, 6) is 0.764. The van der Waals surface area contributed by atoms with Crippen LogP contribution in [-0.2, 0) is 6.42 Å². The molecule has 1 aliphatic carbocycles. The van der Waals surface area contributed by atoms with Gasteiger partial charge in [-0.1, -0.05) is 67.6 Å². The van der Waals surface area contributed by atoms with Crippen molar-refractivity contribution < 1.29 is 9.18 Å². The van der Waals surface area contributed by atoms with Crippen LogP contribution in [0.15, 0.2) is 36.4 Å². The zero-order valence-corrected chi connectivity index (χ0v) is 19.6. The number of aryl methyl sites for hydroxylation is 1. The number of benzene rings is 2. The third kappa shape index (κ3) is 4.10. The largest absolute Gasteiger partial charge is 0.369 e. The molecule has 4 heteroatoms. The van der Waals surface area contributed by atoms with Gasteiger partial charge in [0.2, 0.25) is 0 Å². The number of fused-ring (bicyclic) bond motifs is 1. The minimum absolute atomic E-state index is 0.133.